The smallest absolute Gasteiger partial charge is 0.286 e. The summed E-state index contributed by atoms with van der Waals surface area (Å²) in [6, 6.07) is 0. The second-order valence-electron chi connectivity index (χ2n) is 3.29. The lowest BCUT2D eigenvalue weighted by Crippen LogP contribution is -2.60. The summed E-state index contributed by atoms with van der Waals surface area (Å²) in [5.74, 6) is -4.07. The number of ether oxygens (including phenoxy) is 4. The Morgan fingerprint density at radius 3 is 1.12 bits per heavy atom. The number of hydrogen-bond donors (Lipinski definition) is 0. The molecule has 0 amide bonds. The maximum Gasteiger partial charge on any atom is 0.286 e. The van der Waals surface area contributed by atoms with Gasteiger partial charge in [-0.05, 0) is 0 Å². The van der Waals surface area contributed by atoms with Crippen molar-refractivity contribution in [2.24, 2.45) is 0 Å². The van der Waals surface area contributed by atoms with E-state index in [0.29, 0.717) is 0 Å². The maximum atomic E-state index is 13.1. The normalized spacial score (nSPS) is 15.4. The van der Waals surface area contributed by atoms with E-state index < -0.39 is 23.2 Å². The van der Waals surface area contributed by atoms with E-state index in [9.17, 15) is 11.7 Å². The Morgan fingerprint density at radius 2 is 1.00 bits per heavy atom. The van der Waals surface area contributed by atoms with Crippen LogP contribution < -0.4 is 0 Å². The van der Waals surface area contributed by atoms with Gasteiger partial charge < -0.3 is 18.9 Å². The van der Waals surface area contributed by atoms with Gasteiger partial charge in [-0.2, -0.15) is 0 Å². The molecule has 9 heteroatoms. The van der Waals surface area contributed by atoms with Crippen molar-refractivity contribution < 1.29 is 30.6 Å². The lowest BCUT2D eigenvalue weighted by atomic mass is 10.4. The molecule has 0 saturated carbocycles. The van der Waals surface area contributed by atoms with E-state index in [1.165, 1.54) is 0 Å². The lowest BCUT2D eigenvalue weighted by molar-refractivity contribution is -0.365. The Labute approximate surface area is 101 Å². The molecular weight excluding hydrogens is 263 g/mol. The number of rotatable bonds is 7. The molecular formula is C8H18F3NO4S. The van der Waals surface area contributed by atoms with Crippen LogP contribution in [0.5, 0.6) is 0 Å². The highest BCUT2D eigenvalue weighted by atomic mass is 32.3. The molecule has 0 aliphatic heterocycles. The zero-order chi connectivity index (χ0) is 13.9. The van der Waals surface area contributed by atoms with Gasteiger partial charge in [0.2, 0.25) is 11.8 Å². The molecule has 0 spiro atoms. The molecule has 0 fully saturated rings. The van der Waals surface area contributed by atoms with Crippen molar-refractivity contribution >= 4 is 11.4 Å². The first-order chi connectivity index (χ1) is 7.61. The van der Waals surface area contributed by atoms with Crippen LogP contribution in [-0.2, 0) is 18.9 Å². The van der Waals surface area contributed by atoms with Crippen LogP contribution in [0.3, 0.4) is 0 Å². The SMILES string of the molecule is COC(C)(OC)N(C(C)(OC)OC)S(F)(F)F. The van der Waals surface area contributed by atoms with Crippen molar-refractivity contribution in [3.63, 3.8) is 0 Å². The van der Waals surface area contributed by atoms with Crippen LogP contribution in [0.1, 0.15) is 13.8 Å². The first kappa shape index (κ1) is 16.9. The summed E-state index contributed by atoms with van der Waals surface area (Å²) in [5.41, 5.74) is 0. The van der Waals surface area contributed by atoms with Gasteiger partial charge in [0, 0.05) is 42.3 Å². The van der Waals surface area contributed by atoms with Crippen molar-refractivity contribution in [1.82, 2.24) is 4.31 Å². The van der Waals surface area contributed by atoms with Crippen LogP contribution in [0.25, 0.3) is 0 Å². The Bertz CT molecular complexity index is 225. The van der Waals surface area contributed by atoms with Gasteiger partial charge in [-0.15, -0.1) is 11.7 Å². The van der Waals surface area contributed by atoms with Gasteiger partial charge in [-0.3, -0.25) is 0 Å². The summed E-state index contributed by atoms with van der Waals surface area (Å²) in [4.78, 5) is 0. The topological polar surface area (TPSA) is 40.2 Å². The van der Waals surface area contributed by atoms with Gasteiger partial charge in [-0.1, -0.05) is 4.31 Å². The van der Waals surface area contributed by atoms with Gasteiger partial charge in [-0.25, -0.2) is 0 Å². The maximum absolute atomic E-state index is 13.1. The first-order valence-corrected chi connectivity index (χ1v) is 5.83. The summed E-state index contributed by atoms with van der Waals surface area (Å²) in [6.07, 6.45) is 0. The van der Waals surface area contributed by atoms with Crippen LogP contribution in [0.15, 0.2) is 0 Å². The van der Waals surface area contributed by atoms with Crippen molar-refractivity contribution in [2.45, 2.75) is 25.7 Å². The van der Waals surface area contributed by atoms with Crippen LogP contribution in [0.4, 0.5) is 11.7 Å². The molecule has 0 aliphatic carbocycles. The summed E-state index contributed by atoms with van der Waals surface area (Å²) >= 11 is -5.70. The van der Waals surface area contributed by atoms with Gasteiger partial charge in [0.25, 0.3) is 11.4 Å². The van der Waals surface area contributed by atoms with Crippen molar-refractivity contribution in [3.8, 4) is 0 Å². The van der Waals surface area contributed by atoms with Crippen LogP contribution in [-0.4, -0.2) is 44.6 Å². The Kier molecular flexibility index (Phi) is 5.70. The van der Waals surface area contributed by atoms with Crippen LogP contribution >= 0.6 is 11.4 Å². The number of methoxy groups -OCH3 is 4. The zero-order valence-electron chi connectivity index (χ0n) is 10.6. The Morgan fingerprint density at radius 1 is 0.765 bits per heavy atom. The zero-order valence-corrected chi connectivity index (χ0v) is 11.4. The fourth-order valence-electron chi connectivity index (χ4n) is 1.24. The van der Waals surface area contributed by atoms with E-state index in [-0.39, 0.29) is 4.31 Å². The first-order valence-electron chi connectivity index (χ1n) is 4.54. The minimum Gasteiger partial charge on any atom is -0.340 e. The highest BCUT2D eigenvalue weighted by molar-refractivity contribution is 8.18. The third-order valence-corrected chi connectivity index (χ3v) is 3.54. The minimum atomic E-state index is -5.70. The average Bonchev–Trinajstić information content (AvgIpc) is 2.26. The standard InChI is InChI=1S/C8H18F3NO4S/c1-7(13-3,14-4)12(17(9,10)11)8(2,15-5)16-6/h1-6H3. The Hall–Kier alpha value is -0.0600. The molecule has 0 aliphatic rings. The van der Waals surface area contributed by atoms with Gasteiger partial charge in [0.05, 0.1) is 0 Å². The van der Waals surface area contributed by atoms with E-state index in [2.05, 4.69) is 0 Å². The lowest BCUT2D eigenvalue weighted by Gasteiger charge is -2.47. The minimum absolute atomic E-state index is 0.0208. The predicted molar refractivity (Wildman–Crippen MR) is 57.6 cm³/mol. The quantitative estimate of drug-likeness (QED) is 0.671. The van der Waals surface area contributed by atoms with E-state index in [1.807, 2.05) is 0 Å². The molecule has 5 nitrogen and oxygen atoms in total. The highest BCUT2D eigenvalue weighted by Crippen LogP contribution is 2.62. The molecule has 0 bridgehead atoms. The molecule has 106 valence electrons. The van der Waals surface area contributed by atoms with Crippen molar-refractivity contribution in [3.05, 3.63) is 0 Å². The molecule has 0 aromatic heterocycles. The molecule has 0 radical (unpaired) electrons. The number of nitrogens with zero attached hydrogens (tertiary/aromatic N) is 1. The third kappa shape index (κ3) is 3.46. The molecule has 0 saturated heterocycles. The molecule has 17 heavy (non-hydrogen) atoms. The second kappa shape index (κ2) is 5.72. The second-order valence-corrected chi connectivity index (χ2v) is 4.42. The van der Waals surface area contributed by atoms with Crippen molar-refractivity contribution in [1.29, 1.82) is 0 Å². The van der Waals surface area contributed by atoms with Gasteiger partial charge >= 0.3 is 0 Å². The summed E-state index contributed by atoms with van der Waals surface area (Å²) in [6.45, 7) is 2.26. The molecule has 0 aromatic rings. The third-order valence-electron chi connectivity index (χ3n) is 2.46. The largest absolute Gasteiger partial charge is 0.340 e. The van der Waals surface area contributed by atoms with Gasteiger partial charge in [0.1, 0.15) is 0 Å². The van der Waals surface area contributed by atoms with Crippen LogP contribution in [0, 0.1) is 0 Å². The molecule has 0 N–H and O–H groups in total. The molecule has 0 heterocycles. The summed E-state index contributed by atoms with van der Waals surface area (Å²) < 4.78 is 58.5. The van der Waals surface area contributed by atoms with E-state index in [4.69, 9.17) is 18.9 Å². The van der Waals surface area contributed by atoms with Crippen molar-refractivity contribution in [2.75, 3.05) is 28.4 Å². The predicted octanol–water partition coefficient (Wildman–Crippen LogP) is 2.59. The van der Waals surface area contributed by atoms with E-state index >= 15 is 0 Å². The van der Waals surface area contributed by atoms with Crippen LogP contribution in [0.2, 0.25) is 0 Å². The molecule has 0 aromatic carbocycles. The molecule has 0 unspecified atom stereocenters. The fourth-order valence-corrected chi connectivity index (χ4v) is 2.29. The summed E-state index contributed by atoms with van der Waals surface area (Å²) in [5, 5.41) is 0. The summed E-state index contributed by atoms with van der Waals surface area (Å²) in [7, 11) is 4.42. The molecule has 0 atom stereocenters. The van der Waals surface area contributed by atoms with E-state index in [0.717, 1.165) is 42.3 Å². The highest BCUT2D eigenvalue weighted by Gasteiger charge is 2.57. The van der Waals surface area contributed by atoms with E-state index in [1.54, 1.807) is 0 Å². The Balaban J connectivity index is 5.58. The monoisotopic (exact) mass is 281 g/mol. The van der Waals surface area contributed by atoms with Gasteiger partial charge in [0.15, 0.2) is 0 Å². The number of halogens is 3. The number of hydrogen-bond acceptors (Lipinski definition) is 5. The molecule has 0 rings (SSSR count). The fraction of sp³-hybridized carbons (Fsp3) is 1.00. The average molecular weight is 281 g/mol.